The lowest BCUT2D eigenvalue weighted by molar-refractivity contribution is -0.137. The van der Waals surface area contributed by atoms with Crippen molar-refractivity contribution in [2.45, 2.75) is 52.9 Å². The Bertz CT molecular complexity index is 1210. The summed E-state index contributed by atoms with van der Waals surface area (Å²) in [5.74, 6) is 0.701. The van der Waals surface area contributed by atoms with Crippen molar-refractivity contribution in [3.05, 3.63) is 53.1 Å². The van der Waals surface area contributed by atoms with Crippen molar-refractivity contribution in [2.24, 2.45) is 5.92 Å². The second-order valence-electron chi connectivity index (χ2n) is 9.62. The molecule has 1 fully saturated rings. The Morgan fingerprint density at radius 1 is 1.20 bits per heavy atom. The van der Waals surface area contributed by atoms with Crippen molar-refractivity contribution in [3.8, 4) is 5.75 Å². The molecule has 0 bridgehead atoms. The maximum atomic E-state index is 13.1. The minimum Gasteiger partial charge on any atom is -0.427 e. The molecule has 0 unspecified atom stereocenters. The summed E-state index contributed by atoms with van der Waals surface area (Å²) in [5, 5.41) is 0.764. The van der Waals surface area contributed by atoms with Crippen LogP contribution in [0.15, 0.2) is 36.4 Å². The Hall–Kier alpha value is -2.65. The molecule has 9 heteroatoms. The van der Waals surface area contributed by atoms with E-state index in [1.54, 1.807) is 0 Å². The van der Waals surface area contributed by atoms with E-state index in [0.29, 0.717) is 21.9 Å². The normalized spacial score (nSPS) is 17.4. The molecule has 0 saturated carbocycles. The molecule has 4 rings (SSSR count). The van der Waals surface area contributed by atoms with Gasteiger partial charge in [-0.3, -0.25) is 9.69 Å². The van der Waals surface area contributed by atoms with Gasteiger partial charge in [-0.25, -0.2) is 4.98 Å². The quantitative estimate of drug-likeness (QED) is 0.291. The number of thiazole rings is 1. The lowest BCUT2D eigenvalue weighted by Crippen LogP contribution is -2.53. The number of carbonyl (C=O) groups is 1. The van der Waals surface area contributed by atoms with Crippen LogP contribution in [0.1, 0.15) is 43.9 Å². The molecule has 1 atom stereocenters. The molecule has 0 N–H and O–H groups in total. The smallest absolute Gasteiger partial charge is 0.416 e. The zero-order chi connectivity index (χ0) is 25.3. The summed E-state index contributed by atoms with van der Waals surface area (Å²) in [6.45, 7) is 10.8. The number of hydrogen-bond acceptors (Lipinski definition) is 6. The third-order valence-corrected chi connectivity index (χ3v) is 7.16. The maximum absolute atomic E-state index is 13.1. The predicted octanol–water partition coefficient (Wildman–Crippen LogP) is 6.29. The van der Waals surface area contributed by atoms with Gasteiger partial charge in [0.15, 0.2) is 5.13 Å². The van der Waals surface area contributed by atoms with Crippen LogP contribution in [0, 0.1) is 12.8 Å². The number of ether oxygens (including phenoxy) is 1. The van der Waals surface area contributed by atoms with E-state index in [4.69, 9.17) is 4.74 Å². The first-order valence-electron chi connectivity index (χ1n) is 11.7. The van der Waals surface area contributed by atoms with Gasteiger partial charge in [0.2, 0.25) is 0 Å². The highest BCUT2D eigenvalue weighted by Crippen LogP contribution is 2.36. The van der Waals surface area contributed by atoms with Crippen molar-refractivity contribution in [1.82, 2.24) is 9.88 Å². The predicted molar refractivity (Wildman–Crippen MR) is 133 cm³/mol. The average Bonchev–Trinajstić information content (AvgIpc) is 3.16. The minimum absolute atomic E-state index is 0.263. The molecule has 188 valence electrons. The first-order chi connectivity index (χ1) is 16.5. The number of fused-ring (bicyclic) bond motifs is 1. The van der Waals surface area contributed by atoms with Crippen LogP contribution in [0.3, 0.4) is 0 Å². The van der Waals surface area contributed by atoms with Crippen LogP contribution in [-0.2, 0) is 17.5 Å². The van der Waals surface area contributed by atoms with Crippen LogP contribution >= 0.6 is 11.3 Å². The Balaban J connectivity index is 1.53. The molecule has 35 heavy (non-hydrogen) atoms. The van der Waals surface area contributed by atoms with Crippen LogP contribution in [0.25, 0.3) is 10.2 Å². The molecule has 2 heterocycles. The topological polar surface area (TPSA) is 45.7 Å². The molecule has 1 aromatic heterocycles. The summed E-state index contributed by atoms with van der Waals surface area (Å²) in [5.41, 5.74) is 2.07. The number of rotatable bonds is 6. The van der Waals surface area contributed by atoms with Crippen molar-refractivity contribution < 1.29 is 22.7 Å². The molecule has 1 aliphatic heterocycles. The fraction of sp³-hybridized carbons (Fsp3) is 0.462. The van der Waals surface area contributed by atoms with E-state index in [2.05, 4.69) is 34.7 Å². The third-order valence-electron chi connectivity index (χ3n) is 6.08. The molecule has 1 saturated heterocycles. The highest BCUT2D eigenvalue weighted by atomic mass is 32.1. The number of halogens is 3. The van der Waals surface area contributed by atoms with E-state index in [1.165, 1.54) is 30.4 Å². The van der Waals surface area contributed by atoms with Gasteiger partial charge in [0, 0.05) is 39.1 Å². The average molecular weight is 506 g/mol. The summed E-state index contributed by atoms with van der Waals surface area (Å²) >= 11 is 1.32. The Labute approximate surface area is 207 Å². The number of aryl methyl sites for hydroxylation is 1. The number of nitrogens with zero attached hydrogens (tertiary/aromatic N) is 3. The summed E-state index contributed by atoms with van der Waals surface area (Å²) in [6.07, 6.45) is -3.38. The van der Waals surface area contributed by atoms with Crippen molar-refractivity contribution >= 4 is 32.7 Å². The summed E-state index contributed by atoms with van der Waals surface area (Å²) in [7, 11) is 0. The van der Waals surface area contributed by atoms with E-state index in [0.717, 1.165) is 54.9 Å². The van der Waals surface area contributed by atoms with Gasteiger partial charge in [-0.05, 0) is 60.7 Å². The van der Waals surface area contributed by atoms with Crippen LogP contribution in [0.2, 0.25) is 0 Å². The Kier molecular flexibility index (Phi) is 7.38. The molecule has 0 radical (unpaired) electrons. The summed E-state index contributed by atoms with van der Waals surface area (Å²) in [4.78, 5) is 20.7. The number of piperazine rings is 1. The lowest BCUT2D eigenvalue weighted by atomic mass is 9.99. The van der Waals surface area contributed by atoms with Gasteiger partial charge in [-0.15, -0.1) is 0 Å². The highest BCUT2D eigenvalue weighted by molar-refractivity contribution is 7.22. The largest absolute Gasteiger partial charge is 0.427 e. The SMILES string of the molecule is CC(=O)Oc1cc(C)cc(CN2CCN(c3nc4ccc(C(F)(F)F)cc4s3)C[C@@H]2CC(C)C)c1. The third kappa shape index (κ3) is 6.32. The standard InChI is InChI=1S/C26H30F3N3O2S/c1-16(2)9-21-15-32(25-30-23-6-5-20(26(27,28)29)13-24(23)35-25)8-7-31(21)14-19-10-17(3)11-22(12-19)34-18(4)33/h5-6,10-13,16,21H,7-9,14-15H2,1-4H3/t21-/m0/s1. The molecule has 0 spiro atoms. The minimum atomic E-state index is -4.36. The van der Waals surface area contributed by atoms with E-state index in [9.17, 15) is 18.0 Å². The zero-order valence-electron chi connectivity index (χ0n) is 20.4. The molecular weight excluding hydrogens is 475 g/mol. The van der Waals surface area contributed by atoms with E-state index in [-0.39, 0.29) is 12.0 Å². The fourth-order valence-electron chi connectivity index (χ4n) is 4.64. The number of anilines is 1. The molecule has 0 amide bonds. The van der Waals surface area contributed by atoms with Gasteiger partial charge >= 0.3 is 12.1 Å². The van der Waals surface area contributed by atoms with Gasteiger partial charge < -0.3 is 9.64 Å². The second kappa shape index (κ2) is 10.1. The van der Waals surface area contributed by atoms with Crippen molar-refractivity contribution in [1.29, 1.82) is 0 Å². The molecular formula is C26H30F3N3O2S. The molecule has 0 aliphatic carbocycles. The van der Waals surface area contributed by atoms with Gasteiger partial charge in [0.05, 0.1) is 15.8 Å². The van der Waals surface area contributed by atoms with Crippen LogP contribution in [-0.4, -0.2) is 41.5 Å². The molecule has 3 aromatic rings. The number of alkyl halides is 3. The highest BCUT2D eigenvalue weighted by Gasteiger charge is 2.32. The lowest BCUT2D eigenvalue weighted by Gasteiger charge is -2.42. The maximum Gasteiger partial charge on any atom is 0.416 e. The molecule has 1 aliphatic rings. The number of aromatic nitrogens is 1. The van der Waals surface area contributed by atoms with Gasteiger partial charge in [0.1, 0.15) is 5.75 Å². The van der Waals surface area contributed by atoms with Crippen LogP contribution in [0.5, 0.6) is 5.75 Å². The fourth-order valence-corrected chi connectivity index (χ4v) is 5.68. The zero-order valence-corrected chi connectivity index (χ0v) is 21.2. The monoisotopic (exact) mass is 505 g/mol. The first-order valence-corrected chi connectivity index (χ1v) is 12.6. The Morgan fingerprint density at radius 2 is 1.97 bits per heavy atom. The van der Waals surface area contributed by atoms with Crippen LogP contribution < -0.4 is 9.64 Å². The van der Waals surface area contributed by atoms with Crippen molar-refractivity contribution in [3.63, 3.8) is 0 Å². The van der Waals surface area contributed by atoms with Gasteiger partial charge in [-0.2, -0.15) is 13.2 Å². The Morgan fingerprint density at radius 3 is 2.66 bits per heavy atom. The van der Waals surface area contributed by atoms with Crippen LogP contribution in [0.4, 0.5) is 18.3 Å². The van der Waals surface area contributed by atoms with E-state index in [1.807, 2.05) is 19.1 Å². The van der Waals surface area contributed by atoms with Gasteiger partial charge in [0.25, 0.3) is 0 Å². The summed E-state index contributed by atoms with van der Waals surface area (Å²) < 4.78 is 45.2. The van der Waals surface area contributed by atoms with E-state index < -0.39 is 11.7 Å². The van der Waals surface area contributed by atoms with Gasteiger partial charge in [-0.1, -0.05) is 31.3 Å². The van der Waals surface area contributed by atoms with Crippen molar-refractivity contribution in [2.75, 3.05) is 24.5 Å². The number of hydrogen-bond donors (Lipinski definition) is 0. The second-order valence-corrected chi connectivity index (χ2v) is 10.6. The first kappa shape index (κ1) is 25.4. The number of esters is 1. The molecule has 2 aromatic carbocycles. The summed E-state index contributed by atoms with van der Waals surface area (Å²) in [6, 6.07) is 9.88. The van der Waals surface area contributed by atoms with E-state index >= 15 is 0 Å². The number of benzene rings is 2. The molecule has 5 nitrogen and oxygen atoms in total. The number of carbonyl (C=O) groups excluding carboxylic acids is 1.